The second-order valence-corrected chi connectivity index (χ2v) is 6.28. The summed E-state index contributed by atoms with van der Waals surface area (Å²) in [6.07, 6.45) is 1.21. The van der Waals surface area contributed by atoms with Crippen LogP contribution in [0, 0.1) is 5.92 Å². The van der Waals surface area contributed by atoms with Gasteiger partial charge in [0.2, 0.25) is 0 Å². The molecule has 2 unspecified atom stereocenters. The molecule has 1 aliphatic rings. The molecule has 1 aliphatic carbocycles. The second-order valence-electron chi connectivity index (χ2n) is 5.37. The molecule has 0 aliphatic heterocycles. The van der Waals surface area contributed by atoms with E-state index in [4.69, 9.17) is 0 Å². The van der Waals surface area contributed by atoms with Crippen molar-refractivity contribution >= 4 is 27.5 Å². The van der Waals surface area contributed by atoms with Gasteiger partial charge in [-0.3, -0.25) is 4.79 Å². The molecule has 2 aromatic rings. The molecule has 0 bridgehead atoms. The largest absolute Gasteiger partial charge is 0.322 e. The summed E-state index contributed by atoms with van der Waals surface area (Å²) < 4.78 is 0.973. The molecule has 1 fully saturated rings. The number of hydrogen-bond acceptors (Lipinski definition) is 1. The summed E-state index contributed by atoms with van der Waals surface area (Å²) in [6.45, 7) is 2.25. The lowest BCUT2D eigenvalue weighted by atomic mass is 10.1. The molecule has 2 aromatic carbocycles. The van der Waals surface area contributed by atoms with Crippen molar-refractivity contribution in [3.05, 3.63) is 64.1 Å². The predicted octanol–water partition coefficient (Wildman–Crippen LogP) is 4.82. The minimum Gasteiger partial charge on any atom is -0.322 e. The van der Waals surface area contributed by atoms with Crippen molar-refractivity contribution in [1.29, 1.82) is 0 Å². The Bertz CT molecular complexity index is 636. The SMILES string of the molecule is CC1CC1c1ccccc1NC(=O)c1ccc(Br)cc1. The van der Waals surface area contributed by atoms with Crippen LogP contribution in [0.2, 0.25) is 0 Å². The molecule has 2 nitrogen and oxygen atoms in total. The highest BCUT2D eigenvalue weighted by atomic mass is 79.9. The lowest BCUT2D eigenvalue weighted by Gasteiger charge is -2.11. The predicted molar refractivity (Wildman–Crippen MR) is 85.1 cm³/mol. The van der Waals surface area contributed by atoms with Crippen LogP contribution in [0.5, 0.6) is 0 Å². The van der Waals surface area contributed by atoms with Crippen LogP contribution in [0.3, 0.4) is 0 Å². The molecule has 1 saturated carbocycles. The maximum atomic E-state index is 12.3. The van der Waals surface area contributed by atoms with Crippen LogP contribution >= 0.6 is 15.9 Å². The summed E-state index contributed by atoms with van der Waals surface area (Å²) in [5, 5.41) is 3.03. The average molecular weight is 330 g/mol. The van der Waals surface area contributed by atoms with Gasteiger partial charge in [-0.15, -0.1) is 0 Å². The topological polar surface area (TPSA) is 29.1 Å². The molecule has 0 aromatic heterocycles. The van der Waals surface area contributed by atoms with E-state index in [1.54, 1.807) is 0 Å². The van der Waals surface area contributed by atoms with E-state index in [-0.39, 0.29) is 5.91 Å². The van der Waals surface area contributed by atoms with Crippen molar-refractivity contribution < 1.29 is 4.79 Å². The molecule has 0 heterocycles. The number of anilines is 1. The zero-order valence-electron chi connectivity index (χ0n) is 11.3. The highest BCUT2D eigenvalue weighted by Gasteiger charge is 2.35. The van der Waals surface area contributed by atoms with Crippen LogP contribution < -0.4 is 5.32 Å². The Morgan fingerprint density at radius 1 is 1.15 bits per heavy atom. The van der Waals surface area contributed by atoms with Gasteiger partial charge in [0, 0.05) is 15.7 Å². The van der Waals surface area contributed by atoms with Crippen molar-refractivity contribution in [1.82, 2.24) is 0 Å². The minimum atomic E-state index is -0.0572. The Morgan fingerprint density at radius 2 is 1.80 bits per heavy atom. The maximum absolute atomic E-state index is 12.3. The molecule has 0 spiro atoms. The Morgan fingerprint density at radius 3 is 2.45 bits per heavy atom. The van der Waals surface area contributed by atoms with E-state index in [1.807, 2.05) is 42.5 Å². The quantitative estimate of drug-likeness (QED) is 0.858. The van der Waals surface area contributed by atoms with Gasteiger partial charge in [-0.25, -0.2) is 0 Å². The Balaban J connectivity index is 1.81. The Kier molecular flexibility index (Phi) is 3.62. The van der Waals surface area contributed by atoms with Crippen LogP contribution in [0.1, 0.15) is 35.2 Å². The standard InChI is InChI=1S/C17H16BrNO/c1-11-10-15(11)14-4-2-3-5-16(14)19-17(20)12-6-8-13(18)9-7-12/h2-9,11,15H,10H2,1H3,(H,19,20). The molecular weight excluding hydrogens is 314 g/mol. The first-order valence-corrected chi connectivity index (χ1v) is 7.60. The van der Waals surface area contributed by atoms with E-state index in [2.05, 4.69) is 34.2 Å². The van der Waals surface area contributed by atoms with Gasteiger partial charge in [0.05, 0.1) is 0 Å². The number of carbonyl (C=O) groups excluding carboxylic acids is 1. The molecular formula is C17H16BrNO. The highest BCUT2D eigenvalue weighted by Crippen LogP contribution is 2.49. The molecule has 3 heteroatoms. The Labute approximate surface area is 127 Å². The van der Waals surface area contributed by atoms with Gasteiger partial charge in [-0.2, -0.15) is 0 Å². The molecule has 3 rings (SSSR count). The molecule has 1 amide bonds. The number of nitrogens with one attached hydrogen (secondary N) is 1. The third kappa shape index (κ3) is 2.78. The molecule has 1 N–H and O–H groups in total. The van der Waals surface area contributed by atoms with Crippen molar-refractivity contribution in [3.63, 3.8) is 0 Å². The molecule has 0 radical (unpaired) electrons. The van der Waals surface area contributed by atoms with Crippen molar-refractivity contribution in [2.45, 2.75) is 19.3 Å². The van der Waals surface area contributed by atoms with E-state index in [0.717, 1.165) is 16.1 Å². The molecule has 20 heavy (non-hydrogen) atoms. The smallest absolute Gasteiger partial charge is 0.255 e. The van der Waals surface area contributed by atoms with Crippen molar-refractivity contribution in [3.8, 4) is 0 Å². The lowest BCUT2D eigenvalue weighted by Crippen LogP contribution is -2.13. The van der Waals surface area contributed by atoms with Crippen LogP contribution in [0.4, 0.5) is 5.69 Å². The summed E-state index contributed by atoms with van der Waals surface area (Å²) in [5.41, 5.74) is 2.87. The first-order valence-electron chi connectivity index (χ1n) is 6.81. The number of halogens is 1. The normalized spacial score (nSPS) is 20.5. The maximum Gasteiger partial charge on any atom is 0.255 e. The van der Waals surface area contributed by atoms with Crippen molar-refractivity contribution in [2.75, 3.05) is 5.32 Å². The zero-order valence-corrected chi connectivity index (χ0v) is 12.9. The fourth-order valence-corrected chi connectivity index (χ4v) is 2.75. The summed E-state index contributed by atoms with van der Waals surface area (Å²) in [6, 6.07) is 15.5. The third-order valence-electron chi connectivity index (χ3n) is 3.82. The van der Waals surface area contributed by atoms with Crippen LogP contribution in [-0.4, -0.2) is 5.91 Å². The zero-order chi connectivity index (χ0) is 14.1. The van der Waals surface area contributed by atoms with Crippen LogP contribution in [0.15, 0.2) is 53.0 Å². The summed E-state index contributed by atoms with van der Waals surface area (Å²) >= 11 is 3.38. The Hall–Kier alpha value is -1.61. The highest BCUT2D eigenvalue weighted by molar-refractivity contribution is 9.10. The van der Waals surface area contributed by atoms with Crippen molar-refractivity contribution in [2.24, 2.45) is 5.92 Å². The van der Waals surface area contributed by atoms with Gasteiger partial charge in [-0.1, -0.05) is 41.1 Å². The summed E-state index contributed by atoms with van der Waals surface area (Å²) in [4.78, 5) is 12.3. The van der Waals surface area contributed by atoms with Crippen LogP contribution in [-0.2, 0) is 0 Å². The van der Waals surface area contributed by atoms with E-state index >= 15 is 0 Å². The van der Waals surface area contributed by atoms with Crippen LogP contribution in [0.25, 0.3) is 0 Å². The number of amides is 1. The summed E-state index contributed by atoms with van der Waals surface area (Å²) in [7, 11) is 0. The monoisotopic (exact) mass is 329 g/mol. The van der Waals surface area contributed by atoms with Gasteiger partial charge in [0.25, 0.3) is 5.91 Å². The number of benzene rings is 2. The fourth-order valence-electron chi connectivity index (χ4n) is 2.49. The number of carbonyl (C=O) groups is 1. The fraction of sp³-hybridized carbons (Fsp3) is 0.235. The minimum absolute atomic E-state index is 0.0572. The van der Waals surface area contributed by atoms with Gasteiger partial charge in [0.1, 0.15) is 0 Å². The molecule has 0 saturated heterocycles. The van der Waals surface area contributed by atoms with E-state index < -0.39 is 0 Å². The molecule has 102 valence electrons. The van der Waals surface area contributed by atoms with Gasteiger partial charge in [-0.05, 0) is 54.2 Å². The number of hydrogen-bond donors (Lipinski definition) is 1. The van der Waals surface area contributed by atoms with E-state index in [1.165, 1.54) is 12.0 Å². The first-order chi connectivity index (χ1) is 9.65. The van der Waals surface area contributed by atoms with E-state index in [0.29, 0.717) is 11.5 Å². The average Bonchev–Trinajstić information content (AvgIpc) is 3.17. The summed E-state index contributed by atoms with van der Waals surface area (Å²) in [5.74, 6) is 1.26. The second kappa shape index (κ2) is 5.41. The number of para-hydroxylation sites is 1. The van der Waals surface area contributed by atoms with Gasteiger partial charge in [0.15, 0.2) is 0 Å². The van der Waals surface area contributed by atoms with Gasteiger partial charge < -0.3 is 5.32 Å². The van der Waals surface area contributed by atoms with Gasteiger partial charge >= 0.3 is 0 Å². The lowest BCUT2D eigenvalue weighted by molar-refractivity contribution is 0.102. The number of rotatable bonds is 3. The van der Waals surface area contributed by atoms with E-state index in [9.17, 15) is 4.79 Å². The molecule has 2 atom stereocenters. The first kappa shape index (κ1) is 13.4. The third-order valence-corrected chi connectivity index (χ3v) is 4.35.